The lowest BCUT2D eigenvalue weighted by atomic mass is 10.3. The lowest BCUT2D eigenvalue weighted by Gasteiger charge is -2.14. The number of rotatable bonds is 5. The molecule has 0 saturated heterocycles. The molecular formula is C8H14N2O6S. The van der Waals surface area contributed by atoms with Gasteiger partial charge in [-0.1, -0.05) is 0 Å². The molecule has 0 aromatic carbocycles. The van der Waals surface area contributed by atoms with E-state index in [9.17, 15) is 18.0 Å². The average Bonchev–Trinajstić information content (AvgIpc) is 2.80. The normalized spacial score (nSPS) is 17.6. The molecule has 98 valence electrons. The first-order valence-electron chi connectivity index (χ1n) is 4.93. The van der Waals surface area contributed by atoms with Gasteiger partial charge in [-0.3, -0.25) is 4.79 Å². The lowest BCUT2D eigenvalue weighted by Crippen LogP contribution is -2.50. The van der Waals surface area contributed by atoms with Gasteiger partial charge >= 0.3 is 22.3 Å². The van der Waals surface area contributed by atoms with Gasteiger partial charge in [0.2, 0.25) is 0 Å². The standard InChI is InChI=1S/C8H14N2O6S/c1-5(2)16-7(13)9-17(14,15)10-8(3-4-8)6(11)12/h5,10H,3-4H2,1-2H3,(H,9,13)(H,11,12). The Bertz CT molecular complexity index is 425. The second kappa shape index (κ2) is 4.49. The van der Waals surface area contributed by atoms with Gasteiger partial charge in [-0.15, -0.1) is 0 Å². The molecule has 0 aromatic heterocycles. The molecule has 1 aliphatic carbocycles. The van der Waals surface area contributed by atoms with Gasteiger partial charge < -0.3 is 9.84 Å². The molecule has 1 rings (SSSR count). The van der Waals surface area contributed by atoms with Gasteiger partial charge in [0.05, 0.1) is 6.10 Å². The third-order valence-electron chi connectivity index (χ3n) is 2.05. The fourth-order valence-electron chi connectivity index (χ4n) is 1.12. The summed E-state index contributed by atoms with van der Waals surface area (Å²) in [5.74, 6) is -1.26. The number of amides is 1. The van der Waals surface area contributed by atoms with E-state index in [2.05, 4.69) is 4.74 Å². The van der Waals surface area contributed by atoms with Crippen LogP contribution in [0.5, 0.6) is 0 Å². The third kappa shape index (κ3) is 3.86. The number of carbonyl (C=O) groups excluding carboxylic acids is 1. The van der Waals surface area contributed by atoms with Crippen molar-refractivity contribution in [3.05, 3.63) is 0 Å². The second-order valence-corrected chi connectivity index (χ2v) is 5.46. The van der Waals surface area contributed by atoms with E-state index in [4.69, 9.17) is 5.11 Å². The van der Waals surface area contributed by atoms with Crippen molar-refractivity contribution in [2.45, 2.75) is 38.3 Å². The fourth-order valence-corrected chi connectivity index (χ4v) is 2.24. The summed E-state index contributed by atoms with van der Waals surface area (Å²) in [6.07, 6.45) is -1.22. The molecule has 1 aliphatic rings. The number of aliphatic carboxylic acids is 1. The molecule has 0 radical (unpaired) electrons. The number of carbonyl (C=O) groups is 2. The number of carboxylic acids is 1. The smallest absolute Gasteiger partial charge is 0.422 e. The molecule has 0 heterocycles. The Balaban J connectivity index is 2.58. The Kier molecular flexibility index (Phi) is 3.62. The van der Waals surface area contributed by atoms with Crippen LogP contribution in [0.4, 0.5) is 4.79 Å². The summed E-state index contributed by atoms with van der Waals surface area (Å²) in [6.45, 7) is 3.11. The number of hydrogen-bond acceptors (Lipinski definition) is 5. The van der Waals surface area contributed by atoms with E-state index >= 15 is 0 Å². The van der Waals surface area contributed by atoms with Crippen molar-refractivity contribution in [2.24, 2.45) is 0 Å². The van der Waals surface area contributed by atoms with E-state index < -0.39 is 33.9 Å². The van der Waals surface area contributed by atoms with Gasteiger partial charge in [-0.05, 0) is 26.7 Å². The highest BCUT2D eigenvalue weighted by atomic mass is 32.2. The molecule has 1 saturated carbocycles. The quantitative estimate of drug-likeness (QED) is 0.621. The molecule has 17 heavy (non-hydrogen) atoms. The van der Waals surface area contributed by atoms with E-state index in [-0.39, 0.29) is 12.8 Å². The maximum Gasteiger partial charge on any atom is 0.422 e. The summed E-state index contributed by atoms with van der Waals surface area (Å²) in [6, 6.07) is 0. The molecule has 1 fully saturated rings. The Morgan fingerprint density at radius 2 is 1.88 bits per heavy atom. The summed E-state index contributed by atoms with van der Waals surface area (Å²) in [5, 5.41) is 8.78. The Labute approximate surface area is 98.5 Å². The first-order chi connectivity index (χ1) is 7.67. The lowest BCUT2D eigenvalue weighted by molar-refractivity contribution is -0.140. The molecular weight excluding hydrogens is 252 g/mol. The van der Waals surface area contributed by atoms with E-state index in [1.54, 1.807) is 18.6 Å². The number of carboxylic acid groups (broad SMARTS) is 1. The Morgan fingerprint density at radius 1 is 1.35 bits per heavy atom. The molecule has 0 aliphatic heterocycles. The minimum absolute atomic E-state index is 0.197. The van der Waals surface area contributed by atoms with E-state index in [1.807, 2.05) is 4.72 Å². The van der Waals surface area contributed by atoms with Gasteiger partial charge in [-0.2, -0.15) is 13.1 Å². The molecule has 9 heteroatoms. The SMILES string of the molecule is CC(C)OC(=O)NS(=O)(=O)NC1(C(=O)O)CC1. The van der Waals surface area contributed by atoms with Gasteiger partial charge in [-0.25, -0.2) is 9.52 Å². The first-order valence-corrected chi connectivity index (χ1v) is 6.41. The largest absolute Gasteiger partial charge is 0.480 e. The van der Waals surface area contributed by atoms with Crippen LogP contribution in [-0.2, 0) is 19.7 Å². The molecule has 0 aromatic rings. The van der Waals surface area contributed by atoms with Crippen LogP contribution in [0.3, 0.4) is 0 Å². The Hall–Kier alpha value is -1.35. The van der Waals surface area contributed by atoms with Crippen LogP contribution in [0.2, 0.25) is 0 Å². The molecule has 1 amide bonds. The third-order valence-corrected chi connectivity index (χ3v) is 3.14. The van der Waals surface area contributed by atoms with Crippen LogP contribution >= 0.6 is 0 Å². The zero-order chi connectivity index (χ0) is 13.3. The van der Waals surface area contributed by atoms with Crippen molar-refractivity contribution < 1.29 is 27.9 Å². The second-order valence-electron chi connectivity index (χ2n) is 4.05. The highest BCUT2D eigenvalue weighted by Crippen LogP contribution is 2.35. The summed E-state index contributed by atoms with van der Waals surface area (Å²) in [4.78, 5) is 21.8. The van der Waals surface area contributed by atoms with Crippen molar-refractivity contribution in [3.8, 4) is 0 Å². The Morgan fingerprint density at radius 3 is 2.24 bits per heavy atom. The number of nitrogens with one attached hydrogen (secondary N) is 2. The van der Waals surface area contributed by atoms with Gasteiger partial charge in [0, 0.05) is 0 Å². The molecule has 0 spiro atoms. The van der Waals surface area contributed by atoms with Gasteiger partial charge in [0.1, 0.15) is 5.54 Å². The topological polar surface area (TPSA) is 122 Å². The van der Waals surface area contributed by atoms with Crippen molar-refractivity contribution in [2.75, 3.05) is 0 Å². The molecule has 0 bridgehead atoms. The summed E-state index contributed by atoms with van der Waals surface area (Å²) >= 11 is 0. The van der Waals surface area contributed by atoms with Crippen molar-refractivity contribution in [1.29, 1.82) is 0 Å². The molecule has 3 N–H and O–H groups in total. The van der Waals surface area contributed by atoms with Crippen LogP contribution < -0.4 is 9.44 Å². The van der Waals surface area contributed by atoms with Crippen LogP contribution in [0, 0.1) is 0 Å². The summed E-state index contributed by atoms with van der Waals surface area (Å²) in [7, 11) is -4.22. The van der Waals surface area contributed by atoms with Gasteiger partial charge in [0.15, 0.2) is 0 Å². The average molecular weight is 266 g/mol. The minimum atomic E-state index is -4.22. The fraction of sp³-hybridized carbons (Fsp3) is 0.750. The van der Waals surface area contributed by atoms with Gasteiger partial charge in [0.25, 0.3) is 0 Å². The van der Waals surface area contributed by atoms with Crippen molar-refractivity contribution >= 4 is 22.3 Å². The number of hydrogen-bond donors (Lipinski definition) is 3. The molecule has 0 unspecified atom stereocenters. The highest BCUT2D eigenvalue weighted by Gasteiger charge is 2.53. The maximum atomic E-state index is 11.4. The van der Waals surface area contributed by atoms with Crippen LogP contribution in [0.1, 0.15) is 26.7 Å². The monoisotopic (exact) mass is 266 g/mol. The van der Waals surface area contributed by atoms with E-state index in [0.29, 0.717) is 0 Å². The molecule has 8 nitrogen and oxygen atoms in total. The van der Waals surface area contributed by atoms with Crippen LogP contribution in [0.15, 0.2) is 0 Å². The zero-order valence-corrected chi connectivity index (χ0v) is 10.2. The highest BCUT2D eigenvalue weighted by molar-refractivity contribution is 7.88. The molecule has 0 atom stereocenters. The van der Waals surface area contributed by atoms with Crippen molar-refractivity contribution in [1.82, 2.24) is 9.44 Å². The van der Waals surface area contributed by atoms with Crippen LogP contribution in [-0.4, -0.2) is 37.2 Å². The predicted molar refractivity (Wildman–Crippen MR) is 56.4 cm³/mol. The van der Waals surface area contributed by atoms with Crippen molar-refractivity contribution in [3.63, 3.8) is 0 Å². The van der Waals surface area contributed by atoms with E-state index in [0.717, 1.165) is 0 Å². The maximum absolute atomic E-state index is 11.4. The van der Waals surface area contributed by atoms with Crippen LogP contribution in [0.25, 0.3) is 0 Å². The van der Waals surface area contributed by atoms with E-state index in [1.165, 1.54) is 0 Å². The zero-order valence-electron chi connectivity index (χ0n) is 9.39. The minimum Gasteiger partial charge on any atom is -0.480 e. The predicted octanol–water partition coefficient (Wildman–Crippen LogP) is -0.427. The number of ether oxygens (including phenoxy) is 1. The first kappa shape index (κ1) is 13.7. The summed E-state index contributed by atoms with van der Waals surface area (Å²) < 4.78 is 30.8. The summed E-state index contributed by atoms with van der Waals surface area (Å²) in [5.41, 5.74) is -1.48.